The van der Waals surface area contributed by atoms with Crippen molar-refractivity contribution in [2.24, 2.45) is 0 Å². The summed E-state index contributed by atoms with van der Waals surface area (Å²) >= 11 is 0. The van der Waals surface area contributed by atoms with E-state index in [1.807, 2.05) is 65.3 Å². The Morgan fingerprint density at radius 2 is 1.53 bits per heavy atom. The number of hydrogen-bond acceptors (Lipinski definition) is 5. The zero-order valence-corrected chi connectivity index (χ0v) is 18.3. The predicted molar refractivity (Wildman–Crippen MR) is 130 cm³/mol. The summed E-state index contributed by atoms with van der Waals surface area (Å²) in [5.74, 6) is -0.109. The number of imidazole rings is 1. The molecule has 7 heteroatoms. The van der Waals surface area contributed by atoms with Crippen molar-refractivity contribution in [3.8, 4) is 22.4 Å². The third-order valence-corrected chi connectivity index (χ3v) is 5.47. The summed E-state index contributed by atoms with van der Waals surface area (Å²) in [6, 6.07) is 23.5. The van der Waals surface area contributed by atoms with E-state index in [1.54, 1.807) is 36.5 Å². The van der Waals surface area contributed by atoms with Gasteiger partial charge in [-0.05, 0) is 41.5 Å². The first-order chi connectivity index (χ1) is 16.6. The minimum absolute atomic E-state index is 0.278. The summed E-state index contributed by atoms with van der Waals surface area (Å²) < 4.78 is 6.77. The lowest BCUT2D eigenvalue weighted by Crippen LogP contribution is -2.14. The van der Waals surface area contributed by atoms with Crippen molar-refractivity contribution >= 4 is 23.3 Å². The molecule has 1 amide bonds. The summed E-state index contributed by atoms with van der Waals surface area (Å²) in [5, 5.41) is 2.94. The molecule has 5 aromatic rings. The summed E-state index contributed by atoms with van der Waals surface area (Å²) in [5.41, 5.74) is 4.49. The topological polar surface area (TPSA) is 85.6 Å². The van der Waals surface area contributed by atoms with E-state index in [0.29, 0.717) is 33.7 Å². The second kappa shape index (κ2) is 8.99. The van der Waals surface area contributed by atoms with Crippen LogP contribution in [0, 0.1) is 0 Å². The monoisotopic (exact) mass is 448 g/mol. The van der Waals surface area contributed by atoms with Gasteiger partial charge in [0, 0.05) is 35.4 Å². The van der Waals surface area contributed by atoms with E-state index in [4.69, 9.17) is 4.74 Å². The smallest absolute Gasteiger partial charge is 0.338 e. The van der Waals surface area contributed by atoms with Crippen LogP contribution >= 0.6 is 0 Å². The van der Waals surface area contributed by atoms with Crippen molar-refractivity contribution < 1.29 is 14.3 Å². The highest BCUT2D eigenvalue weighted by atomic mass is 16.5. The Morgan fingerprint density at radius 3 is 2.24 bits per heavy atom. The molecule has 0 atom stereocenters. The molecule has 166 valence electrons. The Labute approximate surface area is 195 Å². The van der Waals surface area contributed by atoms with E-state index in [0.717, 1.165) is 11.3 Å². The van der Waals surface area contributed by atoms with Gasteiger partial charge in [0.1, 0.15) is 0 Å². The van der Waals surface area contributed by atoms with E-state index < -0.39 is 5.97 Å². The highest BCUT2D eigenvalue weighted by molar-refractivity contribution is 6.10. The van der Waals surface area contributed by atoms with Gasteiger partial charge in [-0.25, -0.2) is 14.8 Å². The number of nitrogens with one attached hydrogen (secondary N) is 1. The highest BCUT2D eigenvalue weighted by Gasteiger charge is 2.18. The van der Waals surface area contributed by atoms with Gasteiger partial charge in [-0.3, -0.25) is 9.20 Å². The van der Waals surface area contributed by atoms with Crippen molar-refractivity contribution in [2.75, 3.05) is 12.4 Å². The number of amides is 1. The van der Waals surface area contributed by atoms with Crippen LogP contribution in [0.4, 0.5) is 5.69 Å². The van der Waals surface area contributed by atoms with Gasteiger partial charge in [0.25, 0.3) is 5.91 Å². The van der Waals surface area contributed by atoms with Gasteiger partial charge in [0.2, 0.25) is 5.78 Å². The predicted octanol–water partition coefficient (Wildman–Crippen LogP) is 5.10. The summed E-state index contributed by atoms with van der Waals surface area (Å²) in [6.07, 6.45) is 5.50. The van der Waals surface area contributed by atoms with Gasteiger partial charge < -0.3 is 10.1 Å². The fraction of sp³-hybridized carbons (Fsp3) is 0.0370. The number of fused-ring (bicyclic) bond motifs is 1. The standard InChI is InChI=1S/C27H20N4O3/c1-34-26(33)23-10-5-3-8-21(23)20-7-2-4-9-22(20)25(32)29-19-13-11-18(12-14-19)24-17-31-16-6-15-28-27(31)30-24/h2-17H,1H3,(H,29,32). The number of nitrogens with zero attached hydrogens (tertiary/aromatic N) is 3. The van der Waals surface area contributed by atoms with E-state index in [2.05, 4.69) is 15.3 Å². The van der Waals surface area contributed by atoms with Gasteiger partial charge in [0.05, 0.1) is 18.4 Å². The molecule has 0 aliphatic rings. The Hall–Kier alpha value is -4.78. The number of rotatable bonds is 5. The van der Waals surface area contributed by atoms with Crippen LogP contribution in [0.15, 0.2) is 97.5 Å². The van der Waals surface area contributed by atoms with Gasteiger partial charge in [-0.2, -0.15) is 0 Å². The second-order valence-electron chi connectivity index (χ2n) is 7.57. The molecule has 0 spiro atoms. The quantitative estimate of drug-likeness (QED) is 0.378. The van der Waals surface area contributed by atoms with E-state index in [9.17, 15) is 9.59 Å². The molecule has 0 aliphatic carbocycles. The first-order valence-electron chi connectivity index (χ1n) is 10.6. The Kier molecular flexibility index (Phi) is 5.58. The minimum atomic E-state index is -0.455. The number of carbonyl (C=O) groups excluding carboxylic acids is 2. The van der Waals surface area contributed by atoms with Crippen LogP contribution in [-0.4, -0.2) is 33.4 Å². The van der Waals surface area contributed by atoms with Gasteiger partial charge >= 0.3 is 5.97 Å². The average molecular weight is 448 g/mol. The fourth-order valence-corrected chi connectivity index (χ4v) is 3.81. The number of hydrogen-bond donors (Lipinski definition) is 1. The fourth-order valence-electron chi connectivity index (χ4n) is 3.81. The maximum Gasteiger partial charge on any atom is 0.338 e. The molecular formula is C27H20N4O3. The molecule has 5 rings (SSSR count). The van der Waals surface area contributed by atoms with Crippen molar-refractivity contribution in [2.45, 2.75) is 0 Å². The van der Waals surface area contributed by atoms with Crippen molar-refractivity contribution in [1.29, 1.82) is 0 Å². The van der Waals surface area contributed by atoms with E-state index >= 15 is 0 Å². The van der Waals surface area contributed by atoms with Crippen LogP contribution in [0.3, 0.4) is 0 Å². The molecule has 0 saturated heterocycles. The molecule has 2 aromatic heterocycles. The van der Waals surface area contributed by atoms with Crippen LogP contribution < -0.4 is 5.32 Å². The molecule has 0 bridgehead atoms. The molecule has 2 heterocycles. The lowest BCUT2D eigenvalue weighted by atomic mass is 9.95. The first kappa shape index (κ1) is 21.1. The SMILES string of the molecule is COC(=O)c1ccccc1-c1ccccc1C(=O)Nc1ccc(-c2cn3cccnc3n2)cc1. The summed E-state index contributed by atoms with van der Waals surface area (Å²) in [7, 11) is 1.34. The number of methoxy groups -OCH3 is 1. The molecule has 0 saturated carbocycles. The first-order valence-corrected chi connectivity index (χ1v) is 10.6. The van der Waals surface area contributed by atoms with Crippen molar-refractivity contribution in [3.63, 3.8) is 0 Å². The van der Waals surface area contributed by atoms with Gasteiger partial charge in [-0.1, -0.05) is 48.5 Å². The van der Waals surface area contributed by atoms with Crippen molar-refractivity contribution in [1.82, 2.24) is 14.4 Å². The number of carbonyl (C=O) groups is 2. The van der Waals surface area contributed by atoms with E-state index in [-0.39, 0.29) is 5.91 Å². The lowest BCUT2D eigenvalue weighted by molar-refractivity contribution is 0.0601. The molecule has 34 heavy (non-hydrogen) atoms. The normalized spacial score (nSPS) is 10.7. The molecular weight excluding hydrogens is 428 g/mol. The number of aromatic nitrogens is 3. The Balaban J connectivity index is 1.41. The number of benzene rings is 3. The number of ether oxygens (including phenoxy) is 1. The maximum absolute atomic E-state index is 13.2. The van der Waals surface area contributed by atoms with Gasteiger partial charge in [-0.15, -0.1) is 0 Å². The molecule has 0 fully saturated rings. The molecule has 7 nitrogen and oxygen atoms in total. The summed E-state index contributed by atoms with van der Waals surface area (Å²) in [6.45, 7) is 0. The third kappa shape index (κ3) is 4.02. The van der Waals surface area contributed by atoms with E-state index in [1.165, 1.54) is 7.11 Å². The van der Waals surface area contributed by atoms with Crippen molar-refractivity contribution in [3.05, 3.63) is 109 Å². The average Bonchev–Trinajstić information content (AvgIpc) is 3.33. The molecule has 0 radical (unpaired) electrons. The lowest BCUT2D eigenvalue weighted by Gasteiger charge is -2.13. The minimum Gasteiger partial charge on any atom is -0.465 e. The maximum atomic E-state index is 13.2. The zero-order valence-electron chi connectivity index (χ0n) is 18.3. The molecule has 0 aliphatic heterocycles. The van der Waals surface area contributed by atoms with Crippen LogP contribution in [0.5, 0.6) is 0 Å². The van der Waals surface area contributed by atoms with Crippen LogP contribution in [0.2, 0.25) is 0 Å². The van der Waals surface area contributed by atoms with Crippen LogP contribution in [-0.2, 0) is 4.74 Å². The van der Waals surface area contributed by atoms with Crippen LogP contribution in [0.25, 0.3) is 28.2 Å². The Bertz CT molecular complexity index is 1470. The Morgan fingerprint density at radius 1 is 0.853 bits per heavy atom. The third-order valence-electron chi connectivity index (χ3n) is 5.47. The highest BCUT2D eigenvalue weighted by Crippen LogP contribution is 2.29. The number of esters is 1. The second-order valence-corrected chi connectivity index (χ2v) is 7.57. The summed E-state index contributed by atoms with van der Waals surface area (Å²) in [4.78, 5) is 34.2. The van der Waals surface area contributed by atoms with Gasteiger partial charge in [0.15, 0.2) is 0 Å². The molecule has 1 N–H and O–H groups in total. The zero-order chi connectivity index (χ0) is 23.5. The largest absolute Gasteiger partial charge is 0.465 e. The molecule has 0 unspecified atom stereocenters. The number of anilines is 1. The van der Waals surface area contributed by atoms with Crippen LogP contribution in [0.1, 0.15) is 20.7 Å². The molecule has 3 aromatic carbocycles.